The fourth-order valence-corrected chi connectivity index (χ4v) is 3.58. The summed E-state index contributed by atoms with van der Waals surface area (Å²) in [5.74, 6) is 0.208. The first kappa shape index (κ1) is 16.7. The van der Waals surface area contributed by atoms with Crippen molar-refractivity contribution in [2.75, 3.05) is 26.2 Å². The first-order valence-electron chi connectivity index (χ1n) is 8.21. The molecule has 0 aromatic rings. The van der Waals surface area contributed by atoms with E-state index < -0.39 is 5.54 Å². The third kappa shape index (κ3) is 4.94. The molecule has 0 unspecified atom stereocenters. The van der Waals surface area contributed by atoms with Crippen LogP contribution in [0.5, 0.6) is 0 Å². The molecule has 122 valence electrons. The normalized spacial score (nSPS) is 31.7. The lowest BCUT2D eigenvalue weighted by Gasteiger charge is -2.38. The van der Waals surface area contributed by atoms with Crippen LogP contribution in [0.3, 0.4) is 0 Å². The van der Waals surface area contributed by atoms with Crippen LogP contribution in [0.15, 0.2) is 0 Å². The van der Waals surface area contributed by atoms with Gasteiger partial charge in [-0.3, -0.25) is 9.69 Å². The van der Waals surface area contributed by atoms with Gasteiger partial charge in [0.2, 0.25) is 5.91 Å². The predicted molar refractivity (Wildman–Crippen MR) is 84.1 cm³/mol. The number of morpholine rings is 1. The molecule has 0 radical (unpaired) electrons. The van der Waals surface area contributed by atoms with Gasteiger partial charge in [-0.2, -0.15) is 0 Å². The van der Waals surface area contributed by atoms with Crippen LogP contribution in [0, 0.1) is 0 Å². The number of amides is 1. The molecule has 5 heteroatoms. The van der Waals surface area contributed by atoms with E-state index in [9.17, 15) is 4.79 Å². The van der Waals surface area contributed by atoms with Gasteiger partial charge in [-0.05, 0) is 40.5 Å². The lowest BCUT2D eigenvalue weighted by Crippen LogP contribution is -2.51. The molecule has 2 aliphatic rings. The summed E-state index contributed by atoms with van der Waals surface area (Å²) in [6.07, 6.45) is 3.21. The zero-order valence-electron chi connectivity index (χ0n) is 14.0. The van der Waals surface area contributed by atoms with Gasteiger partial charge in [0, 0.05) is 44.2 Å². The molecule has 0 aromatic carbocycles. The van der Waals surface area contributed by atoms with Gasteiger partial charge in [-0.15, -0.1) is 0 Å². The minimum atomic E-state index is -0.424. The van der Waals surface area contributed by atoms with Crippen LogP contribution >= 0.6 is 0 Å². The summed E-state index contributed by atoms with van der Waals surface area (Å²) < 4.78 is 5.78. The van der Waals surface area contributed by atoms with E-state index in [4.69, 9.17) is 10.5 Å². The smallest absolute Gasteiger partial charge is 0.224 e. The van der Waals surface area contributed by atoms with Gasteiger partial charge < -0.3 is 15.4 Å². The Morgan fingerprint density at radius 1 is 1.29 bits per heavy atom. The molecule has 21 heavy (non-hydrogen) atoms. The largest absolute Gasteiger partial charge is 0.373 e. The summed E-state index contributed by atoms with van der Waals surface area (Å²) >= 11 is 0. The third-order valence-electron chi connectivity index (χ3n) is 4.27. The molecule has 1 amide bonds. The minimum Gasteiger partial charge on any atom is -0.373 e. The van der Waals surface area contributed by atoms with Crippen LogP contribution in [0.25, 0.3) is 0 Å². The van der Waals surface area contributed by atoms with Crippen molar-refractivity contribution < 1.29 is 9.53 Å². The molecular weight excluding hydrogens is 266 g/mol. The van der Waals surface area contributed by atoms with E-state index in [-0.39, 0.29) is 18.1 Å². The summed E-state index contributed by atoms with van der Waals surface area (Å²) in [5.41, 5.74) is 5.57. The number of nitrogens with two attached hydrogens (primary N) is 1. The molecule has 2 N–H and O–H groups in total. The zero-order valence-corrected chi connectivity index (χ0v) is 14.0. The van der Waals surface area contributed by atoms with Crippen LogP contribution in [0.1, 0.15) is 47.0 Å². The monoisotopic (exact) mass is 297 g/mol. The number of ether oxygens (including phenoxy) is 1. The van der Waals surface area contributed by atoms with E-state index in [0.717, 1.165) is 39.0 Å². The summed E-state index contributed by atoms with van der Waals surface area (Å²) in [6.45, 7) is 11.9. The van der Waals surface area contributed by atoms with E-state index in [0.29, 0.717) is 12.5 Å². The van der Waals surface area contributed by atoms with Crippen molar-refractivity contribution in [2.24, 2.45) is 5.73 Å². The number of rotatable bonds is 4. The Labute approximate surface area is 128 Å². The fourth-order valence-electron chi connectivity index (χ4n) is 3.58. The summed E-state index contributed by atoms with van der Waals surface area (Å²) in [5, 5.41) is 0. The Bertz CT molecular complexity index is 357. The second-order valence-electron chi connectivity index (χ2n) is 7.52. The van der Waals surface area contributed by atoms with Crippen molar-refractivity contribution in [1.29, 1.82) is 0 Å². The highest BCUT2D eigenvalue weighted by molar-refractivity contribution is 5.78. The highest BCUT2D eigenvalue weighted by Gasteiger charge is 2.33. The molecular formula is C16H31N3O2. The van der Waals surface area contributed by atoms with Gasteiger partial charge >= 0.3 is 0 Å². The van der Waals surface area contributed by atoms with Crippen LogP contribution in [-0.4, -0.2) is 65.7 Å². The number of likely N-dealkylation sites (tertiary alicyclic amines) is 1. The van der Waals surface area contributed by atoms with Crippen molar-refractivity contribution >= 4 is 5.91 Å². The maximum atomic E-state index is 12.4. The fraction of sp³-hybridized carbons (Fsp3) is 0.938. The maximum absolute atomic E-state index is 12.4. The molecule has 2 aliphatic heterocycles. The molecule has 5 nitrogen and oxygen atoms in total. The third-order valence-corrected chi connectivity index (χ3v) is 4.27. The van der Waals surface area contributed by atoms with Gasteiger partial charge in [-0.1, -0.05) is 0 Å². The van der Waals surface area contributed by atoms with E-state index in [1.165, 1.54) is 0 Å². The highest BCUT2D eigenvalue weighted by atomic mass is 16.5. The van der Waals surface area contributed by atoms with E-state index in [2.05, 4.69) is 23.6 Å². The summed E-state index contributed by atoms with van der Waals surface area (Å²) in [4.78, 5) is 16.9. The zero-order chi connectivity index (χ0) is 15.6. The molecule has 2 saturated heterocycles. The van der Waals surface area contributed by atoms with Crippen LogP contribution < -0.4 is 5.73 Å². The minimum absolute atomic E-state index is 0.208. The molecule has 2 fully saturated rings. The first-order chi connectivity index (χ1) is 9.74. The average molecular weight is 297 g/mol. The lowest BCUT2D eigenvalue weighted by atomic mass is 10.0. The van der Waals surface area contributed by atoms with Crippen molar-refractivity contribution in [3.05, 3.63) is 0 Å². The second kappa shape index (κ2) is 6.63. The molecule has 0 bridgehead atoms. The van der Waals surface area contributed by atoms with E-state index in [1.807, 2.05) is 13.8 Å². The van der Waals surface area contributed by atoms with Crippen molar-refractivity contribution in [3.8, 4) is 0 Å². The molecule has 0 saturated carbocycles. The Kier molecular flexibility index (Phi) is 5.28. The molecule has 0 aliphatic carbocycles. The second-order valence-corrected chi connectivity index (χ2v) is 7.52. The Morgan fingerprint density at radius 3 is 2.48 bits per heavy atom. The van der Waals surface area contributed by atoms with Crippen LogP contribution in [-0.2, 0) is 9.53 Å². The van der Waals surface area contributed by atoms with Gasteiger partial charge in [-0.25, -0.2) is 0 Å². The van der Waals surface area contributed by atoms with Crippen LogP contribution in [0.4, 0.5) is 0 Å². The number of carbonyl (C=O) groups is 1. The lowest BCUT2D eigenvalue weighted by molar-refractivity contribution is -0.134. The highest BCUT2D eigenvalue weighted by Crippen LogP contribution is 2.22. The molecule has 0 aromatic heterocycles. The quantitative estimate of drug-likeness (QED) is 0.847. The van der Waals surface area contributed by atoms with Gasteiger partial charge in [0.25, 0.3) is 0 Å². The molecule has 2 rings (SSSR count). The average Bonchev–Trinajstić information content (AvgIpc) is 2.73. The number of hydrogen-bond acceptors (Lipinski definition) is 4. The van der Waals surface area contributed by atoms with Gasteiger partial charge in [0.15, 0.2) is 0 Å². The SMILES string of the molecule is C[C@@H]1CN(C[C@@H]2CCCN2C(=O)CC(C)(C)N)C[C@@H](C)O1. The molecule has 0 spiro atoms. The molecule has 2 heterocycles. The van der Waals surface area contributed by atoms with Gasteiger partial charge in [0.05, 0.1) is 12.2 Å². The van der Waals surface area contributed by atoms with E-state index >= 15 is 0 Å². The first-order valence-corrected chi connectivity index (χ1v) is 8.21. The standard InChI is InChI=1S/C16H31N3O2/c1-12-9-18(10-13(2)21-12)11-14-6-5-7-19(14)15(20)8-16(3,4)17/h12-14H,5-11,17H2,1-4H3/t12-,13-,14+/m1/s1. The van der Waals surface area contributed by atoms with Crippen molar-refractivity contribution in [1.82, 2.24) is 9.80 Å². The number of nitrogens with zero attached hydrogens (tertiary/aromatic N) is 2. The predicted octanol–water partition coefficient (Wildman–Crippen LogP) is 1.21. The topological polar surface area (TPSA) is 58.8 Å². The Balaban J connectivity index is 1.91. The van der Waals surface area contributed by atoms with Crippen molar-refractivity contribution in [3.63, 3.8) is 0 Å². The Morgan fingerprint density at radius 2 is 1.90 bits per heavy atom. The van der Waals surface area contributed by atoms with Gasteiger partial charge in [0.1, 0.15) is 0 Å². The maximum Gasteiger partial charge on any atom is 0.224 e. The van der Waals surface area contributed by atoms with E-state index in [1.54, 1.807) is 0 Å². The molecule has 3 atom stereocenters. The van der Waals surface area contributed by atoms with Crippen LogP contribution in [0.2, 0.25) is 0 Å². The Hall–Kier alpha value is -0.650. The number of hydrogen-bond donors (Lipinski definition) is 1. The van der Waals surface area contributed by atoms with Crippen molar-refractivity contribution in [2.45, 2.75) is 70.7 Å². The summed E-state index contributed by atoms with van der Waals surface area (Å²) in [6, 6.07) is 0.345. The number of carbonyl (C=O) groups excluding carboxylic acids is 1. The summed E-state index contributed by atoms with van der Waals surface area (Å²) in [7, 11) is 0.